The molecule has 0 aliphatic carbocycles. The molecule has 0 aliphatic rings. The Balaban J connectivity index is 3.02. The van der Waals surface area contributed by atoms with Gasteiger partial charge in [-0.3, -0.25) is 0 Å². The van der Waals surface area contributed by atoms with Crippen molar-refractivity contribution in [1.82, 2.24) is 0 Å². The minimum atomic E-state index is -2.76. The Labute approximate surface area is 46.4 Å². The molecule has 0 aromatic rings. The maximum atomic E-state index is 5.27. The molecule has 0 atom stereocenters. The average molecular weight is 240 g/mol. The zero-order chi connectivity index (χ0) is 4.50. The predicted molar refractivity (Wildman–Crippen MR) is 29.2 cm³/mol. The Morgan fingerprint density at radius 2 is 1.20 bits per heavy atom. The molecule has 0 heterocycles. The van der Waals surface area contributed by atoms with Gasteiger partial charge in [0, 0.05) is 0 Å². The van der Waals surface area contributed by atoms with Gasteiger partial charge >= 0.3 is 46.7 Å². The van der Waals surface area contributed by atoms with Gasteiger partial charge in [0.2, 0.25) is 0 Å². The molecular formula is CH3Cl3Sn. The van der Waals surface area contributed by atoms with Crippen molar-refractivity contribution in [2.45, 2.75) is 4.94 Å². The van der Waals surface area contributed by atoms with Crippen LogP contribution >= 0.6 is 26.8 Å². The van der Waals surface area contributed by atoms with E-state index in [9.17, 15) is 0 Å². The Kier molecular flexibility index (Phi) is 2.80. The first kappa shape index (κ1) is 6.67. The fourth-order valence-electron chi connectivity index (χ4n) is 0. The molecule has 0 spiro atoms. The van der Waals surface area contributed by atoms with Crippen LogP contribution < -0.4 is 0 Å². The summed E-state index contributed by atoms with van der Waals surface area (Å²) in [5.74, 6) is 0. The van der Waals surface area contributed by atoms with Crippen molar-refractivity contribution in [2.24, 2.45) is 0 Å². The van der Waals surface area contributed by atoms with Gasteiger partial charge in [0.1, 0.15) is 0 Å². The average Bonchev–Trinajstić information content (AvgIpc) is 0.722. The first-order valence-electron chi connectivity index (χ1n) is 1.07. The third-order valence-corrected chi connectivity index (χ3v) is 0. The monoisotopic (exact) mass is 240 g/mol. The van der Waals surface area contributed by atoms with Gasteiger partial charge < -0.3 is 0 Å². The zero-order valence-electron chi connectivity index (χ0n) is 2.63. The molecule has 0 radical (unpaired) electrons. The van der Waals surface area contributed by atoms with Crippen LogP contribution in [-0.4, -0.2) is 15.0 Å². The van der Waals surface area contributed by atoms with Crippen LogP contribution in [0.25, 0.3) is 0 Å². The number of hydrogen-bond donors (Lipinski definition) is 0. The predicted octanol–water partition coefficient (Wildman–Crippen LogP) is 2.27. The molecule has 0 saturated carbocycles. The zero-order valence-corrected chi connectivity index (χ0v) is 7.76. The van der Waals surface area contributed by atoms with Crippen molar-refractivity contribution in [2.75, 3.05) is 0 Å². The van der Waals surface area contributed by atoms with Gasteiger partial charge in [0.15, 0.2) is 0 Å². The second kappa shape index (κ2) is 2.10. The van der Waals surface area contributed by atoms with Crippen LogP contribution in [-0.2, 0) is 0 Å². The van der Waals surface area contributed by atoms with Crippen LogP contribution in [0.5, 0.6) is 0 Å². The van der Waals surface area contributed by atoms with Crippen LogP contribution in [0.3, 0.4) is 0 Å². The SMILES string of the molecule is [CH3][Sn]([Cl])([Cl])[Cl]. The molecule has 0 unspecified atom stereocenters. The fourth-order valence-corrected chi connectivity index (χ4v) is 0. The second-order valence-electron chi connectivity index (χ2n) is 0.781. The van der Waals surface area contributed by atoms with Crippen LogP contribution in [0.1, 0.15) is 0 Å². The first-order chi connectivity index (χ1) is 2.00. The molecule has 0 aliphatic heterocycles. The van der Waals surface area contributed by atoms with E-state index in [1.165, 1.54) is 0 Å². The van der Waals surface area contributed by atoms with E-state index in [0.717, 1.165) is 0 Å². The molecule has 0 aromatic heterocycles. The minimum absolute atomic E-state index is 1.69. The van der Waals surface area contributed by atoms with E-state index < -0.39 is 15.0 Å². The van der Waals surface area contributed by atoms with E-state index in [0.29, 0.717) is 0 Å². The molecule has 0 aromatic carbocycles. The summed E-state index contributed by atoms with van der Waals surface area (Å²) in [7, 11) is 15.8. The van der Waals surface area contributed by atoms with Crippen molar-refractivity contribution < 1.29 is 0 Å². The molecule has 0 amide bonds. The third-order valence-electron chi connectivity index (χ3n) is 0. The summed E-state index contributed by atoms with van der Waals surface area (Å²) in [6.45, 7) is 0. The molecule has 4 heteroatoms. The van der Waals surface area contributed by atoms with Crippen LogP contribution in [0.2, 0.25) is 4.94 Å². The number of hydrogen-bond acceptors (Lipinski definition) is 0. The van der Waals surface area contributed by atoms with E-state index in [1.807, 2.05) is 0 Å². The molecule has 0 saturated heterocycles. The van der Waals surface area contributed by atoms with Crippen LogP contribution in [0, 0.1) is 0 Å². The topological polar surface area (TPSA) is 0 Å². The molecule has 0 N–H and O–H groups in total. The van der Waals surface area contributed by atoms with Gasteiger partial charge in [0.05, 0.1) is 0 Å². The van der Waals surface area contributed by atoms with Crippen molar-refractivity contribution >= 4 is 41.8 Å². The number of rotatable bonds is 0. The quantitative estimate of drug-likeness (QED) is 0.570. The Bertz CT molecular complexity index is 22.4. The summed E-state index contributed by atoms with van der Waals surface area (Å²) in [6.07, 6.45) is 0. The number of halogens is 3. The van der Waals surface area contributed by atoms with Crippen LogP contribution in [0.4, 0.5) is 0 Å². The molecule has 0 bridgehead atoms. The summed E-state index contributed by atoms with van der Waals surface area (Å²) in [4.78, 5) is 1.69. The van der Waals surface area contributed by atoms with Gasteiger partial charge in [-0.25, -0.2) is 0 Å². The van der Waals surface area contributed by atoms with E-state index in [2.05, 4.69) is 0 Å². The Morgan fingerprint density at radius 1 is 1.20 bits per heavy atom. The molecule has 5 heavy (non-hydrogen) atoms. The standard InChI is InChI=1S/CH3.3ClH.Sn/h1H3;3*1H;/q;;;;+3/p-3. The van der Waals surface area contributed by atoms with Gasteiger partial charge in [-0.15, -0.1) is 0 Å². The molecule has 0 rings (SSSR count). The van der Waals surface area contributed by atoms with Gasteiger partial charge in [-0.05, 0) is 0 Å². The Hall–Kier alpha value is 1.67. The molecule has 0 nitrogen and oxygen atoms in total. The van der Waals surface area contributed by atoms with E-state index in [4.69, 9.17) is 26.8 Å². The molecule has 0 fully saturated rings. The maximum absolute atomic E-state index is 5.27. The van der Waals surface area contributed by atoms with E-state index >= 15 is 0 Å². The summed E-state index contributed by atoms with van der Waals surface area (Å²) in [5, 5.41) is 0. The van der Waals surface area contributed by atoms with Gasteiger partial charge in [0.25, 0.3) is 0 Å². The second-order valence-corrected chi connectivity index (χ2v) is 24.3. The normalized spacial score (nSPS) is 12.0. The summed E-state index contributed by atoms with van der Waals surface area (Å²) in [6, 6.07) is 0. The van der Waals surface area contributed by atoms with Crippen molar-refractivity contribution in [3.63, 3.8) is 0 Å². The fraction of sp³-hybridized carbons (Fsp3) is 1.00. The summed E-state index contributed by atoms with van der Waals surface area (Å²) in [5.41, 5.74) is 0. The van der Waals surface area contributed by atoms with Crippen molar-refractivity contribution in [3.05, 3.63) is 0 Å². The van der Waals surface area contributed by atoms with Crippen molar-refractivity contribution in [1.29, 1.82) is 0 Å². The van der Waals surface area contributed by atoms with E-state index in [-0.39, 0.29) is 0 Å². The molecular weight excluding hydrogens is 237 g/mol. The molecule has 32 valence electrons. The summed E-state index contributed by atoms with van der Waals surface area (Å²) < 4.78 is 0. The van der Waals surface area contributed by atoms with Gasteiger partial charge in [-0.1, -0.05) is 0 Å². The third kappa shape index (κ3) is 27.4. The van der Waals surface area contributed by atoms with Crippen molar-refractivity contribution in [3.8, 4) is 0 Å². The Morgan fingerprint density at radius 3 is 1.20 bits per heavy atom. The first-order valence-corrected chi connectivity index (χ1v) is 14.8. The van der Waals surface area contributed by atoms with E-state index in [1.54, 1.807) is 4.94 Å². The van der Waals surface area contributed by atoms with Crippen LogP contribution in [0.15, 0.2) is 0 Å². The summed E-state index contributed by atoms with van der Waals surface area (Å²) >= 11 is -2.76. The van der Waals surface area contributed by atoms with Gasteiger partial charge in [-0.2, -0.15) is 0 Å².